The predicted octanol–water partition coefficient (Wildman–Crippen LogP) is 2.90. The van der Waals surface area contributed by atoms with E-state index in [9.17, 15) is 14.7 Å². The van der Waals surface area contributed by atoms with Gasteiger partial charge < -0.3 is 19.7 Å². The molecule has 3 heterocycles. The summed E-state index contributed by atoms with van der Waals surface area (Å²) in [6.45, 7) is 1.87. The van der Waals surface area contributed by atoms with E-state index >= 15 is 0 Å². The number of fused-ring (bicyclic) bond motifs is 2. The molecule has 0 aliphatic carbocycles. The first-order valence-corrected chi connectivity index (χ1v) is 10.6. The fourth-order valence-electron chi connectivity index (χ4n) is 3.76. The molecule has 160 valence electrons. The molecule has 2 aromatic heterocycles. The van der Waals surface area contributed by atoms with Gasteiger partial charge in [0.1, 0.15) is 5.75 Å². The summed E-state index contributed by atoms with van der Waals surface area (Å²) in [4.78, 5) is 29.2. The summed E-state index contributed by atoms with van der Waals surface area (Å²) in [5.74, 6) is 5.93. The van der Waals surface area contributed by atoms with E-state index < -0.39 is 17.5 Å². The van der Waals surface area contributed by atoms with Gasteiger partial charge in [-0.1, -0.05) is 11.8 Å². The van der Waals surface area contributed by atoms with Crippen molar-refractivity contribution in [3.8, 4) is 23.5 Å². The van der Waals surface area contributed by atoms with Gasteiger partial charge in [-0.3, -0.25) is 10.1 Å². The van der Waals surface area contributed by atoms with E-state index in [4.69, 9.17) is 4.74 Å². The molecule has 8 nitrogen and oxygen atoms in total. The second-order valence-electron chi connectivity index (χ2n) is 7.51. The summed E-state index contributed by atoms with van der Waals surface area (Å²) < 4.78 is 7.71. The molecule has 1 fully saturated rings. The van der Waals surface area contributed by atoms with Crippen LogP contribution >= 0.6 is 11.3 Å². The number of urea groups is 1. The number of imide groups is 1. The standard InChI is InChI=1S/C23H18N4O4S/c1-13-24-18-6-3-14(9-19(18)32-13)7-8-23(21(29)25-22(30)26-23)12-27-11-15-4-5-16(31-2)10-17(15)20(27)28/h3-6,9-11,28H,12H2,1-2H3,(H2,25,26,29,30)/t23-/m1/s1. The van der Waals surface area contributed by atoms with Crippen molar-refractivity contribution >= 4 is 44.3 Å². The van der Waals surface area contributed by atoms with E-state index in [1.54, 1.807) is 36.8 Å². The quantitative estimate of drug-likeness (QED) is 0.332. The minimum absolute atomic E-state index is 0.0458. The third kappa shape index (κ3) is 3.31. The Labute approximate surface area is 186 Å². The molecule has 0 radical (unpaired) electrons. The summed E-state index contributed by atoms with van der Waals surface area (Å²) in [7, 11) is 1.54. The fourth-order valence-corrected chi connectivity index (χ4v) is 4.62. The largest absolute Gasteiger partial charge is 0.497 e. The van der Waals surface area contributed by atoms with Crippen molar-refractivity contribution in [1.82, 2.24) is 20.2 Å². The molecule has 5 rings (SSSR count). The Hall–Kier alpha value is -4.03. The van der Waals surface area contributed by atoms with E-state index in [0.717, 1.165) is 20.6 Å². The van der Waals surface area contributed by atoms with Crippen LogP contribution in [-0.4, -0.2) is 39.2 Å². The molecule has 1 aliphatic rings. The van der Waals surface area contributed by atoms with Crippen LogP contribution in [0.3, 0.4) is 0 Å². The number of nitrogens with one attached hydrogen (secondary N) is 2. The maximum absolute atomic E-state index is 12.8. The van der Waals surface area contributed by atoms with Crippen molar-refractivity contribution < 1.29 is 19.4 Å². The summed E-state index contributed by atoms with van der Waals surface area (Å²) >= 11 is 1.56. The van der Waals surface area contributed by atoms with Gasteiger partial charge in [0.2, 0.25) is 5.54 Å². The highest BCUT2D eigenvalue weighted by Crippen LogP contribution is 2.32. The number of amides is 3. The number of thiazole rings is 1. The van der Waals surface area contributed by atoms with Crippen molar-refractivity contribution in [1.29, 1.82) is 0 Å². The first kappa shape index (κ1) is 19.9. The molecule has 1 saturated heterocycles. The van der Waals surface area contributed by atoms with Crippen molar-refractivity contribution in [2.45, 2.75) is 19.0 Å². The molecule has 3 amide bonds. The molecule has 1 atom stereocenters. The zero-order valence-corrected chi connectivity index (χ0v) is 18.0. The average Bonchev–Trinajstić information content (AvgIpc) is 3.38. The van der Waals surface area contributed by atoms with Crippen molar-refractivity contribution in [2.24, 2.45) is 0 Å². The number of rotatable bonds is 3. The Morgan fingerprint density at radius 3 is 2.84 bits per heavy atom. The summed E-state index contributed by atoms with van der Waals surface area (Å²) in [5, 5.41) is 17.9. The number of benzene rings is 2. The molecular formula is C23H18N4O4S. The lowest BCUT2D eigenvalue weighted by Gasteiger charge is -2.20. The van der Waals surface area contributed by atoms with Gasteiger partial charge >= 0.3 is 6.03 Å². The van der Waals surface area contributed by atoms with Gasteiger partial charge in [0.25, 0.3) is 5.91 Å². The van der Waals surface area contributed by atoms with Gasteiger partial charge in [0, 0.05) is 22.5 Å². The highest BCUT2D eigenvalue weighted by atomic mass is 32.1. The van der Waals surface area contributed by atoms with Gasteiger partial charge in [-0.05, 0) is 43.3 Å². The molecule has 0 saturated carbocycles. The lowest BCUT2D eigenvalue weighted by atomic mass is 10.00. The normalized spacial score (nSPS) is 17.8. The van der Waals surface area contributed by atoms with Crippen molar-refractivity contribution in [3.63, 3.8) is 0 Å². The Morgan fingerprint density at radius 2 is 2.09 bits per heavy atom. The summed E-state index contributed by atoms with van der Waals surface area (Å²) in [6.07, 6.45) is 1.71. The van der Waals surface area contributed by atoms with Crippen LogP contribution in [0.25, 0.3) is 21.0 Å². The molecule has 4 aromatic rings. The van der Waals surface area contributed by atoms with Gasteiger partial charge in [0.15, 0.2) is 5.88 Å². The molecular weight excluding hydrogens is 428 g/mol. The van der Waals surface area contributed by atoms with Gasteiger partial charge in [-0.2, -0.15) is 0 Å². The van der Waals surface area contributed by atoms with Crippen LogP contribution in [0.1, 0.15) is 10.6 Å². The molecule has 0 unspecified atom stereocenters. The SMILES string of the molecule is COc1ccc2cn(C[C@@]3(C#Cc4ccc5nc(C)sc5c4)NC(=O)NC3=O)c(O)c2c1. The number of aryl methyl sites for hydroxylation is 1. The number of carbonyl (C=O) groups excluding carboxylic acids is 2. The molecule has 3 N–H and O–H groups in total. The number of carbonyl (C=O) groups is 2. The van der Waals surface area contributed by atoms with Crippen LogP contribution in [0.2, 0.25) is 0 Å². The Bertz CT molecular complexity index is 1480. The van der Waals surface area contributed by atoms with Crippen LogP contribution in [0.4, 0.5) is 4.79 Å². The van der Waals surface area contributed by atoms with Crippen LogP contribution in [-0.2, 0) is 11.3 Å². The molecule has 9 heteroatoms. The first-order chi connectivity index (χ1) is 15.4. The smallest absolute Gasteiger partial charge is 0.323 e. The third-order valence-electron chi connectivity index (χ3n) is 5.33. The van der Waals surface area contributed by atoms with Crippen molar-refractivity contribution in [2.75, 3.05) is 7.11 Å². The van der Waals surface area contributed by atoms with E-state index in [0.29, 0.717) is 16.7 Å². The fraction of sp³-hybridized carbons (Fsp3) is 0.174. The summed E-state index contributed by atoms with van der Waals surface area (Å²) in [6, 6.07) is 10.3. The number of hydrogen-bond donors (Lipinski definition) is 3. The lowest BCUT2D eigenvalue weighted by Crippen LogP contribution is -2.49. The second-order valence-corrected chi connectivity index (χ2v) is 8.75. The Balaban J connectivity index is 1.55. The van der Waals surface area contributed by atoms with Crippen molar-refractivity contribution in [3.05, 3.63) is 53.2 Å². The molecule has 1 aliphatic heterocycles. The zero-order valence-electron chi connectivity index (χ0n) is 17.2. The number of ether oxygens (including phenoxy) is 1. The zero-order chi connectivity index (χ0) is 22.5. The number of methoxy groups -OCH3 is 1. The van der Waals surface area contributed by atoms with Crippen LogP contribution < -0.4 is 15.4 Å². The molecule has 0 bridgehead atoms. The highest BCUT2D eigenvalue weighted by molar-refractivity contribution is 7.18. The number of aromatic nitrogens is 2. The maximum atomic E-state index is 12.8. The van der Waals surface area contributed by atoms with Gasteiger partial charge in [0.05, 0.1) is 28.9 Å². The topological polar surface area (TPSA) is 105 Å². The van der Waals surface area contributed by atoms with Crippen LogP contribution in [0.15, 0.2) is 42.6 Å². The van der Waals surface area contributed by atoms with Crippen LogP contribution in [0.5, 0.6) is 11.6 Å². The van der Waals surface area contributed by atoms with E-state index in [1.807, 2.05) is 31.2 Å². The minimum Gasteiger partial charge on any atom is -0.497 e. The maximum Gasteiger partial charge on any atom is 0.323 e. The minimum atomic E-state index is -1.54. The average molecular weight is 446 g/mol. The lowest BCUT2D eigenvalue weighted by molar-refractivity contribution is -0.122. The Morgan fingerprint density at radius 1 is 1.25 bits per heavy atom. The third-order valence-corrected chi connectivity index (χ3v) is 6.27. The molecule has 32 heavy (non-hydrogen) atoms. The van der Waals surface area contributed by atoms with E-state index in [1.165, 1.54) is 4.57 Å². The molecule has 0 spiro atoms. The number of aromatic hydroxyl groups is 1. The number of hydrogen-bond acceptors (Lipinski definition) is 6. The molecule has 2 aromatic carbocycles. The van der Waals surface area contributed by atoms with E-state index in [2.05, 4.69) is 27.5 Å². The number of nitrogens with zero attached hydrogens (tertiary/aromatic N) is 2. The van der Waals surface area contributed by atoms with Gasteiger partial charge in [-0.25, -0.2) is 9.78 Å². The monoisotopic (exact) mass is 446 g/mol. The summed E-state index contributed by atoms with van der Waals surface area (Å²) in [5.41, 5.74) is 0.0480. The van der Waals surface area contributed by atoms with Crippen LogP contribution in [0, 0.1) is 18.8 Å². The Kier molecular flexibility index (Phi) is 4.53. The predicted molar refractivity (Wildman–Crippen MR) is 121 cm³/mol. The first-order valence-electron chi connectivity index (χ1n) is 9.77. The second kappa shape index (κ2) is 7.28. The van der Waals surface area contributed by atoms with Gasteiger partial charge in [-0.15, -0.1) is 11.3 Å². The highest BCUT2D eigenvalue weighted by Gasteiger charge is 2.46. The van der Waals surface area contributed by atoms with E-state index in [-0.39, 0.29) is 12.4 Å².